The van der Waals surface area contributed by atoms with E-state index in [0.29, 0.717) is 34.3 Å². The third-order valence-electron chi connectivity index (χ3n) is 6.08. The standard InChI is InChI=1S/C24H35N5O3S/c1-16(2)18-9-11-19(12-10-18)32-14-22(30)25-13-21-27-28-24(29(21)4)33-15-23(31)26-20-8-6-5-7-17(20)3/h9-12,16-17,20H,5-8,13-15H2,1-4H3,(H,25,30)(H,26,31)/t17-,20+/m0/s1. The van der Waals surface area contributed by atoms with Crippen LogP contribution in [0.2, 0.25) is 0 Å². The summed E-state index contributed by atoms with van der Waals surface area (Å²) in [6.07, 6.45) is 4.65. The second kappa shape index (κ2) is 12.1. The molecule has 0 unspecified atom stereocenters. The van der Waals surface area contributed by atoms with E-state index in [1.54, 1.807) is 4.57 Å². The number of aromatic nitrogens is 3. The molecule has 1 fully saturated rings. The highest BCUT2D eigenvalue weighted by Gasteiger charge is 2.23. The van der Waals surface area contributed by atoms with Crippen molar-refractivity contribution in [1.29, 1.82) is 0 Å². The molecule has 1 aromatic heterocycles. The van der Waals surface area contributed by atoms with Crippen molar-refractivity contribution in [2.45, 2.75) is 70.1 Å². The van der Waals surface area contributed by atoms with E-state index < -0.39 is 0 Å². The topological polar surface area (TPSA) is 98.1 Å². The van der Waals surface area contributed by atoms with E-state index >= 15 is 0 Å². The van der Waals surface area contributed by atoms with Crippen molar-refractivity contribution < 1.29 is 14.3 Å². The minimum atomic E-state index is -0.235. The number of carbonyl (C=O) groups is 2. The van der Waals surface area contributed by atoms with E-state index in [0.717, 1.165) is 6.42 Å². The number of thioether (sulfide) groups is 1. The van der Waals surface area contributed by atoms with Crippen molar-refractivity contribution in [2.75, 3.05) is 12.4 Å². The first-order valence-electron chi connectivity index (χ1n) is 11.6. The third kappa shape index (κ3) is 7.48. The predicted molar refractivity (Wildman–Crippen MR) is 129 cm³/mol. The van der Waals surface area contributed by atoms with Crippen LogP contribution in [0, 0.1) is 5.92 Å². The molecular weight excluding hydrogens is 438 g/mol. The van der Waals surface area contributed by atoms with Gasteiger partial charge in [-0.1, -0.05) is 57.5 Å². The smallest absolute Gasteiger partial charge is 0.258 e. The van der Waals surface area contributed by atoms with Gasteiger partial charge < -0.3 is 19.9 Å². The quantitative estimate of drug-likeness (QED) is 0.513. The van der Waals surface area contributed by atoms with Gasteiger partial charge in [-0.05, 0) is 42.4 Å². The van der Waals surface area contributed by atoms with Crippen LogP contribution in [-0.2, 0) is 23.2 Å². The van der Waals surface area contributed by atoms with Gasteiger partial charge in [0.05, 0.1) is 12.3 Å². The molecule has 2 atom stereocenters. The Balaban J connectivity index is 1.39. The zero-order valence-corrected chi connectivity index (χ0v) is 20.8. The number of rotatable bonds is 10. The number of amides is 2. The molecule has 9 heteroatoms. The largest absolute Gasteiger partial charge is 0.484 e. The summed E-state index contributed by atoms with van der Waals surface area (Å²) in [7, 11) is 1.83. The summed E-state index contributed by atoms with van der Waals surface area (Å²) >= 11 is 1.35. The number of nitrogens with zero attached hydrogens (tertiary/aromatic N) is 3. The van der Waals surface area contributed by atoms with Crippen LogP contribution in [0.3, 0.4) is 0 Å². The Bertz CT molecular complexity index is 929. The Hall–Kier alpha value is -2.55. The summed E-state index contributed by atoms with van der Waals surface area (Å²) in [5, 5.41) is 14.9. The fourth-order valence-corrected chi connectivity index (χ4v) is 4.60. The van der Waals surface area contributed by atoms with Gasteiger partial charge in [-0.3, -0.25) is 9.59 Å². The molecule has 2 amide bonds. The molecule has 2 aromatic rings. The van der Waals surface area contributed by atoms with E-state index in [1.807, 2.05) is 31.3 Å². The Morgan fingerprint density at radius 2 is 1.88 bits per heavy atom. The van der Waals surface area contributed by atoms with Gasteiger partial charge in [0.1, 0.15) is 5.75 Å². The number of hydrogen-bond donors (Lipinski definition) is 2. The lowest BCUT2D eigenvalue weighted by molar-refractivity contribution is -0.123. The summed E-state index contributed by atoms with van der Waals surface area (Å²) < 4.78 is 7.36. The first kappa shape index (κ1) is 25.1. The van der Waals surface area contributed by atoms with Gasteiger partial charge in [0.15, 0.2) is 17.6 Å². The molecule has 2 N–H and O–H groups in total. The van der Waals surface area contributed by atoms with Crippen molar-refractivity contribution in [2.24, 2.45) is 13.0 Å². The Morgan fingerprint density at radius 1 is 1.15 bits per heavy atom. The highest BCUT2D eigenvalue weighted by Crippen LogP contribution is 2.24. The Kier molecular flexibility index (Phi) is 9.17. The Labute approximate surface area is 200 Å². The summed E-state index contributed by atoms with van der Waals surface area (Å²) in [4.78, 5) is 24.5. The first-order chi connectivity index (χ1) is 15.8. The number of ether oxygens (including phenoxy) is 1. The van der Waals surface area contributed by atoms with Crippen molar-refractivity contribution in [3.05, 3.63) is 35.7 Å². The molecule has 1 aromatic carbocycles. The molecule has 33 heavy (non-hydrogen) atoms. The average molecular weight is 474 g/mol. The van der Waals surface area contributed by atoms with Crippen LogP contribution in [0.4, 0.5) is 0 Å². The zero-order valence-electron chi connectivity index (χ0n) is 20.0. The number of nitrogens with one attached hydrogen (secondary N) is 2. The van der Waals surface area contributed by atoms with E-state index in [9.17, 15) is 9.59 Å². The molecule has 1 heterocycles. The molecule has 0 radical (unpaired) electrons. The SMILES string of the molecule is CC(C)c1ccc(OCC(=O)NCc2nnc(SCC(=O)N[C@@H]3CCCC[C@@H]3C)n2C)cc1. The molecule has 1 saturated carbocycles. The highest BCUT2D eigenvalue weighted by molar-refractivity contribution is 7.99. The van der Waals surface area contributed by atoms with Crippen LogP contribution in [0.5, 0.6) is 5.75 Å². The molecule has 0 bridgehead atoms. The van der Waals surface area contributed by atoms with Crippen LogP contribution >= 0.6 is 11.8 Å². The molecule has 0 aliphatic heterocycles. The van der Waals surface area contributed by atoms with Gasteiger partial charge in [-0.2, -0.15) is 0 Å². The lowest BCUT2D eigenvalue weighted by atomic mass is 9.86. The molecule has 3 rings (SSSR count). The fraction of sp³-hybridized carbons (Fsp3) is 0.583. The van der Waals surface area contributed by atoms with Gasteiger partial charge in [0.2, 0.25) is 5.91 Å². The summed E-state index contributed by atoms with van der Waals surface area (Å²) in [5.74, 6) is 2.34. The van der Waals surface area contributed by atoms with Crippen LogP contribution in [0.15, 0.2) is 29.4 Å². The molecule has 180 valence electrons. The van der Waals surface area contributed by atoms with Crippen molar-refractivity contribution in [3.8, 4) is 5.75 Å². The normalized spacial score (nSPS) is 18.2. The maximum atomic E-state index is 12.3. The third-order valence-corrected chi connectivity index (χ3v) is 7.10. The molecule has 0 saturated heterocycles. The van der Waals surface area contributed by atoms with Gasteiger partial charge in [0.25, 0.3) is 5.91 Å². The monoisotopic (exact) mass is 473 g/mol. The van der Waals surface area contributed by atoms with Gasteiger partial charge in [0, 0.05) is 13.1 Å². The van der Waals surface area contributed by atoms with Crippen LogP contribution in [0.25, 0.3) is 0 Å². The highest BCUT2D eigenvalue weighted by atomic mass is 32.2. The molecular formula is C24H35N5O3S. The lowest BCUT2D eigenvalue weighted by Crippen LogP contribution is -2.41. The van der Waals surface area contributed by atoms with Gasteiger partial charge in [-0.25, -0.2) is 0 Å². The second-order valence-corrected chi connectivity index (χ2v) is 9.91. The minimum Gasteiger partial charge on any atom is -0.484 e. The van der Waals surface area contributed by atoms with E-state index in [2.05, 4.69) is 41.6 Å². The number of benzene rings is 1. The average Bonchev–Trinajstić information content (AvgIpc) is 3.16. The first-order valence-corrected chi connectivity index (χ1v) is 12.6. The van der Waals surface area contributed by atoms with Gasteiger partial charge >= 0.3 is 0 Å². The van der Waals surface area contributed by atoms with E-state index in [1.165, 1.54) is 36.6 Å². The van der Waals surface area contributed by atoms with Crippen LogP contribution < -0.4 is 15.4 Å². The van der Waals surface area contributed by atoms with Gasteiger partial charge in [-0.15, -0.1) is 10.2 Å². The van der Waals surface area contributed by atoms with Crippen LogP contribution in [0.1, 0.15) is 63.8 Å². The molecule has 0 spiro atoms. The van der Waals surface area contributed by atoms with Crippen LogP contribution in [-0.4, -0.2) is 45.0 Å². The van der Waals surface area contributed by atoms with Crippen molar-refractivity contribution >= 4 is 23.6 Å². The molecule has 8 nitrogen and oxygen atoms in total. The summed E-state index contributed by atoms with van der Waals surface area (Å²) in [6.45, 7) is 6.64. The maximum absolute atomic E-state index is 12.3. The van der Waals surface area contributed by atoms with E-state index in [4.69, 9.17) is 4.74 Å². The maximum Gasteiger partial charge on any atom is 0.258 e. The lowest BCUT2D eigenvalue weighted by Gasteiger charge is -2.29. The summed E-state index contributed by atoms with van der Waals surface area (Å²) in [6, 6.07) is 8.03. The zero-order chi connectivity index (χ0) is 23.8. The second-order valence-electron chi connectivity index (χ2n) is 8.97. The number of carbonyl (C=O) groups excluding carboxylic acids is 2. The fourth-order valence-electron chi connectivity index (χ4n) is 3.86. The minimum absolute atomic E-state index is 0.0233. The van der Waals surface area contributed by atoms with Crippen molar-refractivity contribution in [1.82, 2.24) is 25.4 Å². The molecule has 1 aliphatic carbocycles. The number of hydrogen-bond acceptors (Lipinski definition) is 6. The van der Waals surface area contributed by atoms with E-state index in [-0.39, 0.29) is 31.0 Å². The predicted octanol–water partition coefficient (Wildman–Crippen LogP) is 3.42. The Morgan fingerprint density at radius 3 is 2.58 bits per heavy atom. The summed E-state index contributed by atoms with van der Waals surface area (Å²) in [5.41, 5.74) is 1.23. The molecule has 1 aliphatic rings. The van der Waals surface area contributed by atoms with Crippen molar-refractivity contribution in [3.63, 3.8) is 0 Å².